The zero-order valence-electron chi connectivity index (χ0n) is 17.1. The lowest BCUT2D eigenvalue weighted by atomic mass is 10.1. The van der Waals surface area contributed by atoms with Crippen LogP contribution in [0.2, 0.25) is 0 Å². The lowest BCUT2D eigenvalue weighted by Gasteiger charge is -2.20. The maximum atomic E-state index is 13.2. The Balaban J connectivity index is 1.49. The van der Waals surface area contributed by atoms with Crippen LogP contribution in [0.1, 0.15) is 17.2 Å². The molecule has 1 aromatic heterocycles. The zero-order chi connectivity index (χ0) is 21.5. The average Bonchev–Trinajstić information content (AvgIpc) is 2.82. The second kappa shape index (κ2) is 9.83. The molecule has 31 heavy (non-hydrogen) atoms. The summed E-state index contributed by atoms with van der Waals surface area (Å²) in [7, 11) is -3.70. The molecule has 0 bridgehead atoms. The van der Waals surface area contributed by atoms with Crippen molar-refractivity contribution in [2.24, 2.45) is 0 Å². The van der Waals surface area contributed by atoms with Crippen molar-refractivity contribution in [3.05, 3.63) is 108 Å². The van der Waals surface area contributed by atoms with Crippen molar-refractivity contribution in [2.45, 2.75) is 17.4 Å². The number of rotatable bonds is 9. The van der Waals surface area contributed by atoms with Crippen LogP contribution in [0, 0.1) is 0 Å². The smallest absolute Gasteiger partial charge is 0.241 e. The number of benzene rings is 3. The van der Waals surface area contributed by atoms with Gasteiger partial charge >= 0.3 is 0 Å². The second-order valence-corrected chi connectivity index (χ2v) is 9.12. The van der Waals surface area contributed by atoms with Gasteiger partial charge in [-0.25, -0.2) is 13.1 Å². The van der Waals surface area contributed by atoms with Gasteiger partial charge in [0, 0.05) is 24.3 Å². The Morgan fingerprint density at radius 2 is 1.58 bits per heavy atom. The van der Waals surface area contributed by atoms with E-state index >= 15 is 0 Å². The maximum absolute atomic E-state index is 13.2. The number of sulfonamides is 1. The molecule has 4 rings (SSSR count). The number of nitrogens with zero attached hydrogens (tertiary/aromatic N) is 1. The topological polar surface area (TPSA) is 71.1 Å². The Morgan fingerprint density at radius 1 is 0.839 bits per heavy atom. The van der Waals surface area contributed by atoms with Crippen LogP contribution in [0.15, 0.2) is 102 Å². The van der Waals surface area contributed by atoms with E-state index in [9.17, 15) is 8.42 Å². The van der Waals surface area contributed by atoms with E-state index in [2.05, 4.69) is 27.2 Å². The minimum atomic E-state index is -3.70. The van der Waals surface area contributed by atoms with E-state index in [-0.39, 0.29) is 10.9 Å². The molecule has 5 nitrogen and oxygen atoms in total. The molecule has 2 N–H and O–H groups in total. The number of nitrogens with one attached hydrogen (secondary N) is 2. The van der Waals surface area contributed by atoms with E-state index in [1.807, 2.05) is 54.6 Å². The molecule has 0 amide bonds. The van der Waals surface area contributed by atoms with Crippen molar-refractivity contribution < 1.29 is 8.42 Å². The van der Waals surface area contributed by atoms with Gasteiger partial charge in [-0.05, 0) is 47.7 Å². The fourth-order valence-electron chi connectivity index (χ4n) is 3.52. The summed E-state index contributed by atoms with van der Waals surface area (Å²) in [4.78, 5) is 4.33. The Labute approximate surface area is 183 Å². The number of pyridine rings is 1. The molecule has 1 heterocycles. The van der Waals surface area contributed by atoms with E-state index in [0.717, 1.165) is 29.3 Å². The third-order valence-corrected chi connectivity index (χ3v) is 6.67. The quantitative estimate of drug-likeness (QED) is 0.392. The molecule has 0 aliphatic heterocycles. The van der Waals surface area contributed by atoms with E-state index in [1.54, 1.807) is 30.6 Å². The minimum absolute atomic E-state index is 0.247. The molecular weight excluding hydrogens is 406 g/mol. The molecule has 0 fully saturated rings. The molecule has 3 aromatic carbocycles. The third kappa shape index (κ3) is 5.55. The zero-order valence-corrected chi connectivity index (χ0v) is 17.9. The SMILES string of the molecule is O=S(=O)(NC(CNCCc1ccccc1)c1ccccc1)c1ccc2cnccc2c1. The summed E-state index contributed by atoms with van der Waals surface area (Å²) >= 11 is 0. The standard InChI is InChI=1S/C25H25N3O2S/c29-31(30,24-12-11-23-18-26-16-14-22(23)17-24)28-25(21-9-5-2-6-10-21)19-27-15-13-20-7-3-1-4-8-20/h1-12,14,16-18,25,27-28H,13,15,19H2. The first-order valence-electron chi connectivity index (χ1n) is 10.3. The fourth-order valence-corrected chi connectivity index (χ4v) is 4.78. The van der Waals surface area contributed by atoms with Crippen LogP contribution < -0.4 is 10.0 Å². The van der Waals surface area contributed by atoms with Crippen LogP contribution in [-0.2, 0) is 16.4 Å². The van der Waals surface area contributed by atoms with E-state index in [4.69, 9.17) is 0 Å². The van der Waals surface area contributed by atoms with Crippen molar-refractivity contribution in [1.82, 2.24) is 15.0 Å². The summed E-state index contributed by atoms with van der Waals surface area (Å²) in [5.74, 6) is 0. The van der Waals surface area contributed by atoms with Gasteiger partial charge < -0.3 is 5.32 Å². The monoisotopic (exact) mass is 431 g/mol. The highest BCUT2D eigenvalue weighted by Gasteiger charge is 2.21. The number of aromatic nitrogens is 1. The average molecular weight is 432 g/mol. The number of hydrogen-bond donors (Lipinski definition) is 2. The molecule has 0 saturated carbocycles. The van der Waals surface area contributed by atoms with Gasteiger partial charge in [-0.2, -0.15) is 0 Å². The fraction of sp³-hybridized carbons (Fsp3) is 0.160. The van der Waals surface area contributed by atoms with Crippen LogP contribution in [-0.4, -0.2) is 26.5 Å². The van der Waals surface area contributed by atoms with Gasteiger partial charge in [0.2, 0.25) is 10.0 Å². The molecule has 0 saturated heterocycles. The molecule has 0 aliphatic carbocycles. The minimum Gasteiger partial charge on any atom is -0.314 e. The van der Waals surface area contributed by atoms with Crippen LogP contribution >= 0.6 is 0 Å². The highest BCUT2D eigenvalue weighted by atomic mass is 32.2. The third-order valence-electron chi connectivity index (χ3n) is 5.20. The predicted octanol–water partition coefficient (Wildman–Crippen LogP) is 4.09. The first-order valence-corrected chi connectivity index (χ1v) is 11.8. The first-order chi connectivity index (χ1) is 15.1. The summed E-state index contributed by atoms with van der Waals surface area (Å²) in [5.41, 5.74) is 2.17. The second-order valence-electron chi connectivity index (χ2n) is 7.41. The van der Waals surface area contributed by atoms with Gasteiger partial charge in [0.1, 0.15) is 0 Å². The lowest BCUT2D eigenvalue weighted by Crippen LogP contribution is -2.36. The van der Waals surface area contributed by atoms with Gasteiger partial charge in [0.05, 0.1) is 10.9 Å². The highest BCUT2D eigenvalue weighted by Crippen LogP contribution is 2.21. The lowest BCUT2D eigenvalue weighted by molar-refractivity contribution is 0.529. The maximum Gasteiger partial charge on any atom is 0.241 e. The normalized spacial score (nSPS) is 12.6. The summed E-state index contributed by atoms with van der Waals surface area (Å²) < 4.78 is 29.2. The van der Waals surface area contributed by atoms with Crippen LogP contribution in [0.3, 0.4) is 0 Å². The summed E-state index contributed by atoms with van der Waals surface area (Å²) in [6, 6.07) is 26.4. The van der Waals surface area contributed by atoms with Crippen molar-refractivity contribution in [2.75, 3.05) is 13.1 Å². The summed E-state index contributed by atoms with van der Waals surface area (Å²) in [6.07, 6.45) is 4.27. The molecule has 6 heteroatoms. The Kier molecular flexibility index (Phi) is 6.72. The Morgan fingerprint density at radius 3 is 2.35 bits per heavy atom. The van der Waals surface area contributed by atoms with Crippen LogP contribution in [0.25, 0.3) is 10.8 Å². The molecular formula is C25H25N3O2S. The summed E-state index contributed by atoms with van der Waals surface area (Å²) in [5, 5.41) is 5.15. The van der Waals surface area contributed by atoms with Gasteiger partial charge in [-0.3, -0.25) is 4.98 Å². The molecule has 0 spiro atoms. The summed E-state index contributed by atoms with van der Waals surface area (Å²) in [6.45, 7) is 1.26. The number of hydrogen-bond acceptors (Lipinski definition) is 4. The molecule has 0 aliphatic rings. The number of fused-ring (bicyclic) bond motifs is 1. The first kappa shape index (κ1) is 21.2. The van der Waals surface area contributed by atoms with Crippen molar-refractivity contribution in [1.29, 1.82) is 0 Å². The van der Waals surface area contributed by atoms with Gasteiger partial charge in [0.15, 0.2) is 0 Å². The predicted molar refractivity (Wildman–Crippen MR) is 124 cm³/mol. The molecule has 1 unspecified atom stereocenters. The van der Waals surface area contributed by atoms with Crippen LogP contribution in [0.5, 0.6) is 0 Å². The molecule has 1 atom stereocenters. The Hall–Kier alpha value is -3.06. The van der Waals surface area contributed by atoms with Crippen LogP contribution in [0.4, 0.5) is 0 Å². The van der Waals surface area contributed by atoms with E-state index < -0.39 is 10.0 Å². The van der Waals surface area contributed by atoms with Crippen molar-refractivity contribution >= 4 is 20.8 Å². The molecule has 0 radical (unpaired) electrons. The van der Waals surface area contributed by atoms with Gasteiger partial charge in [-0.15, -0.1) is 0 Å². The van der Waals surface area contributed by atoms with Crippen molar-refractivity contribution in [3.8, 4) is 0 Å². The van der Waals surface area contributed by atoms with Gasteiger partial charge in [-0.1, -0.05) is 66.7 Å². The molecule has 4 aromatic rings. The Bertz CT molecular complexity index is 1230. The van der Waals surface area contributed by atoms with Gasteiger partial charge in [0.25, 0.3) is 0 Å². The van der Waals surface area contributed by atoms with E-state index in [1.165, 1.54) is 5.56 Å². The highest BCUT2D eigenvalue weighted by molar-refractivity contribution is 7.89. The van der Waals surface area contributed by atoms with Crippen molar-refractivity contribution in [3.63, 3.8) is 0 Å². The van der Waals surface area contributed by atoms with E-state index in [0.29, 0.717) is 6.54 Å². The molecule has 158 valence electrons. The largest absolute Gasteiger partial charge is 0.314 e.